The fourth-order valence-electron chi connectivity index (χ4n) is 0.358. The molecular weight excluding hydrogens is 150 g/mol. The number of rotatable bonds is 4. The van der Waals surface area contributed by atoms with Gasteiger partial charge in [-0.05, 0) is 6.42 Å². The molecule has 0 rings (SSSR count). The largest absolute Gasteiger partial charge is 0.481 e. The predicted molar refractivity (Wildman–Crippen MR) is 39.1 cm³/mol. The van der Waals surface area contributed by atoms with E-state index >= 15 is 0 Å². The van der Waals surface area contributed by atoms with Gasteiger partial charge in [0.1, 0.15) is 6.29 Å². The molecule has 11 heavy (non-hydrogen) atoms. The van der Waals surface area contributed by atoms with E-state index < -0.39 is 12.0 Å². The van der Waals surface area contributed by atoms with Gasteiger partial charge in [-0.15, -0.1) is 0 Å². The summed E-state index contributed by atoms with van der Waals surface area (Å²) in [4.78, 5) is 19.6. The highest BCUT2D eigenvalue weighted by Crippen LogP contribution is 1.90. The normalized spacial score (nSPS) is 10.8. The second-order valence-corrected chi connectivity index (χ2v) is 1.73. The number of nitrogens with two attached hydrogens (primary N) is 1. The SMILES string of the molecule is CO.N[C@H](C=O)CCC(=O)O. The third-order valence-corrected chi connectivity index (χ3v) is 0.866. The number of carboxylic acid groups (broad SMARTS) is 1. The number of carbonyl (C=O) groups is 2. The summed E-state index contributed by atoms with van der Waals surface area (Å²) >= 11 is 0. The second kappa shape index (κ2) is 9.06. The van der Waals surface area contributed by atoms with Crippen LogP contribution in [0.3, 0.4) is 0 Å². The Balaban J connectivity index is 0. The zero-order valence-corrected chi connectivity index (χ0v) is 6.36. The summed E-state index contributed by atoms with van der Waals surface area (Å²) in [5.74, 6) is -0.924. The van der Waals surface area contributed by atoms with Crippen LogP contribution in [0.1, 0.15) is 12.8 Å². The fraction of sp³-hybridized carbons (Fsp3) is 0.667. The molecule has 0 fully saturated rings. The Bertz CT molecular complexity index is 115. The molecule has 0 saturated carbocycles. The number of aliphatic hydroxyl groups excluding tert-OH is 1. The molecule has 0 aliphatic rings. The van der Waals surface area contributed by atoms with Crippen molar-refractivity contribution in [1.82, 2.24) is 0 Å². The smallest absolute Gasteiger partial charge is 0.303 e. The third-order valence-electron chi connectivity index (χ3n) is 0.866. The Morgan fingerprint density at radius 2 is 2.09 bits per heavy atom. The fourth-order valence-corrected chi connectivity index (χ4v) is 0.358. The molecule has 0 bridgehead atoms. The van der Waals surface area contributed by atoms with Crippen molar-refractivity contribution >= 4 is 12.3 Å². The van der Waals surface area contributed by atoms with Gasteiger partial charge in [-0.1, -0.05) is 0 Å². The van der Waals surface area contributed by atoms with Gasteiger partial charge < -0.3 is 20.7 Å². The highest BCUT2D eigenvalue weighted by atomic mass is 16.4. The minimum atomic E-state index is -0.924. The van der Waals surface area contributed by atoms with Crippen LogP contribution in [-0.4, -0.2) is 35.6 Å². The van der Waals surface area contributed by atoms with Gasteiger partial charge in [0.25, 0.3) is 0 Å². The Kier molecular flexibility index (Phi) is 10.5. The zero-order chi connectivity index (χ0) is 9.28. The maximum absolute atomic E-state index is 9.85. The molecule has 0 aromatic rings. The first-order valence-electron chi connectivity index (χ1n) is 3.04. The van der Waals surface area contributed by atoms with Crippen LogP contribution in [0.5, 0.6) is 0 Å². The molecule has 5 nitrogen and oxygen atoms in total. The van der Waals surface area contributed by atoms with Gasteiger partial charge in [-0.2, -0.15) is 0 Å². The molecule has 0 saturated heterocycles. The van der Waals surface area contributed by atoms with Gasteiger partial charge >= 0.3 is 5.97 Å². The van der Waals surface area contributed by atoms with E-state index in [-0.39, 0.29) is 12.8 Å². The van der Waals surface area contributed by atoms with Crippen molar-refractivity contribution in [2.45, 2.75) is 18.9 Å². The lowest BCUT2D eigenvalue weighted by Crippen LogP contribution is -2.22. The Labute approximate surface area is 64.8 Å². The lowest BCUT2D eigenvalue weighted by atomic mass is 10.2. The minimum absolute atomic E-state index is 0.0418. The van der Waals surface area contributed by atoms with Gasteiger partial charge in [-0.3, -0.25) is 4.79 Å². The van der Waals surface area contributed by atoms with Gasteiger partial charge in [0.2, 0.25) is 0 Å². The number of hydrogen-bond donors (Lipinski definition) is 3. The number of aliphatic carboxylic acids is 1. The number of aliphatic hydroxyl groups is 1. The molecule has 0 amide bonds. The molecule has 0 aromatic heterocycles. The van der Waals surface area contributed by atoms with Gasteiger partial charge in [0, 0.05) is 13.5 Å². The minimum Gasteiger partial charge on any atom is -0.481 e. The van der Waals surface area contributed by atoms with Crippen LogP contribution in [0.4, 0.5) is 0 Å². The molecule has 0 heterocycles. The Morgan fingerprint density at radius 3 is 2.36 bits per heavy atom. The summed E-state index contributed by atoms with van der Waals surface area (Å²) in [7, 11) is 1.00. The maximum Gasteiger partial charge on any atom is 0.303 e. The quantitative estimate of drug-likeness (QED) is 0.461. The molecular formula is C6H13NO4. The predicted octanol–water partition coefficient (Wildman–Crippen LogP) is -1.01. The molecule has 4 N–H and O–H groups in total. The second-order valence-electron chi connectivity index (χ2n) is 1.73. The van der Waals surface area contributed by atoms with Crippen molar-refractivity contribution in [3.05, 3.63) is 0 Å². The van der Waals surface area contributed by atoms with Crippen LogP contribution in [0.2, 0.25) is 0 Å². The van der Waals surface area contributed by atoms with Crippen LogP contribution < -0.4 is 5.73 Å². The summed E-state index contributed by atoms with van der Waals surface area (Å²) in [6, 6.07) is -0.624. The van der Waals surface area contributed by atoms with Crippen molar-refractivity contribution in [2.24, 2.45) is 5.73 Å². The maximum atomic E-state index is 9.85. The highest BCUT2D eigenvalue weighted by Gasteiger charge is 2.02. The van der Waals surface area contributed by atoms with Crippen LogP contribution in [0, 0.1) is 0 Å². The van der Waals surface area contributed by atoms with E-state index in [2.05, 4.69) is 0 Å². The van der Waals surface area contributed by atoms with E-state index in [1.165, 1.54) is 0 Å². The van der Waals surface area contributed by atoms with E-state index in [0.717, 1.165) is 7.11 Å². The molecule has 0 aromatic carbocycles. The van der Waals surface area contributed by atoms with Crippen molar-refractivity contribution < 1.29 is 19.8 Å². The van der Waals surface area contributed by atoms with Crippen molar-refractivity contribution in [3.8, 4) is 0 Å². The Hall–Kier alpha value is -0.940. The van der Waals surface area contributed by atoms with E-state index in [1.807, 2.05) is 0 Å². The average molecular weight is 163 g/mol. The topological polar surface area (TPSA) is 101 Å². The molecule has 0 spiro atoms. The summed E-state index contributed by atoms with van der Waals surface area (Å²) in [6.45, 7) is 0. The summed E-state index contributed by atoms with van der Waals surface area (Å²) in [5, 5.41) is 15.1. The van der Waals surface area contributed by atoms with Crippen LogP contribution in [0.15, 0.2) is 0 Å². The molecule has 66 valence electrons. The third kappa shape index (κ3) is 12.3. The number of carbonyl (C=O) groups excluding carboxylic acids is 1. The van der Waals surface area contributed by atoms with Gasteiger partial charge in [0.15, 0.2) is 0 Å². The molecule has 5 heteroatoms. The van der Waals surface area contributed by atoms with Crippen LogP contribution in [-0.2, 0) is 9.59 Å². The van der Waals surface area contributed by atoms with Gasteiger partial charge in [0.05, 0.1) is 6.04 Å². The monoisotopic (exact) mass is 163 g/mol. The first-order chi connectivity index (χ1) is 5.16. The van der Waals surface area contributed by atoms with E-state index in [4.69, 9.17) is 15.9 Å². The average Bonchev–Trinajstić information content (AvgIpc) is 2.04. The van der Waals surface area contributed by atoms with Crippen LogP contribution in [0.25, 0.3) is 0 Å². The molecule has 0 aliphatic heterocycles. The standard InChI is InChI=1S/C5H9NO3.CH4O/c6-4(3-7)1-2-5(8)9;1-2/h3-4H,1-2,6H2,(H,8,9);2H,1H3/t4-;/m0./s1. The lowest BCUT2D eigenvalue weighted by Gasteiger charge is -1.97. The molecule has 0 radical (unpaired) electrons. The van der Waals surface area contributed by atoms with Crippen molar-refractivity contribution in [2.75, 3.05) is 7.11 Å². The van der Waals surface area contributed by atoms with E-state index in [9.17, 15) is 9.59 Å². The molecule has 1 atom stereocenters. The number of aldehydes is 1. The summed E-state index contributed by atoms with van der Waals surface area (Å²) in [5.41, 5.74) is 5.09. The van der Waals surface area contributed by atoms with E-state index in [1.54, 1.807) is 0 Å². The summed E-state index contributed by atoms with van der Waals surface area (Å²) < 4.78 is 0. The molecule has 0 unspecified atom stereocenters. The zero-order valence-electron chi connectivity index (χ0n) is 6.36. The van der Waals surface area contributed by atoms with Crippen molar-refractivity contribution in [1.29, 1.82) is 0 Å². The van der Waals surface area contributed by atoms with E-state index in [0.29, 0.717) is 6.29 Å². The first kappa shape index (κ1) is 12.7. The summed E-state index contributed by atoms with van der Waals surface area (Å²) in [6.07, 6.45) is 0.724. The number of hydrogen-bond acceptors (Lipinski definition) is 4. The van der Waals surface area contributed by atoms with Crippen LogP contribution >= 0.6 is 0 Å². The highest BCUT2D eigenvalue weighted by molar-refractivity contribution is 5.68. The Morgan fingerprint density at radius 1 is 1.64 bits per heavy atom. The first-order valence-corrected chi connectivity index (χ1v) is 3.04. The number of carboxylic acids is 1. The van der Waals surface area contributed by atoms with Crippen molar-refractivity contribution in [3.63, 3.8) is 0 Å². The molecule has 0 aliphatic carbocycles. The lowest BCUT2D eigenvalue weighted by molar-refractivity contribution is -0.137. The van der Waals surface area contributed by atoms with Gasteiger partial charge in [-0.25, -0.2) is 0 Å².